The van der Waals surface area contributed by atoms with Gasteiger partial charge in [0.05, 0.1) is 5.25 Å². The molecule has 0 aliphatic carbocycles. The van der Waals surface area contributed by atoms with Gasteiger partial charge in [0, 0.05) is 13.1 Å². The summed E-state index contributed by atoms with van der Waals surface area (Å²) in [5, 5.41) is -0.177. The van der Waals surface area contributed by atoms with Gasteiger partial charge in [-0.25, -0.2) is 0 Å². The van der Waals surface area contributed by atoms with Crippen molar-refractivity contribution in [3.63, 3.8) is 0 Å². The summed E-state index contributed by atoms with van der Waals surface area (Å²) < 4.78 is 0. The Morgan fingerprint density at radius 2 is 1.94 bits per heavy atom. The molecule has 1 unspecified atom stereocenters. The molecule has 0 radical (unpaired) electrons. The average Bonchev–Trinajstić information content (AvgIpc) is 2.35. The SMILES string of the molecule is CCC(S)C(=O)N(CC)Cc1ccccc1. The van der Waals surface area contributed by atoms with E-state index in [1.165, 1.54) is 0 Å². The highest BCUT2D eigenvalue weighted by Crippen LogP contribution is 2.10. The third-order valence-corrected chi connectivity index (χ3v) is 3.17. The molecule has 2 nitrogen and oxygen atoms in total. The van der Waals surface area contributed by atoms with Gasteiger partial charge in [-0.1, -0.05) is 37.3 Å². The van der Waals surface area contributed by atoms with Gasteiger partial charge in [0.15, 0.2) is 0 Å². The zero-order valence-corrected chi connectivity index (χ0v) is 10.8. The first-order chi connectivity index (χ1) is 7.69. The fourth-order valence-corrected chi connectivity index (χ4v) is 1.70. The van der Waals surface area contributed by atoms with Crippen molar-refractivity contribution in [3.8, 4) is 0 Å². The molecule has 88 valence electrons. The maximum Gasteiger partial charge on any atom is 0.235 e. The quantitative estimate of drug-likeness (QED) is 0.781. The van der Waals surface area contributed by atoms with Gasteiger partial charge in [0.2, 0.25) is 5.91 Å². The average molecular weight is 237 g/mol. The lowest BCUT2D eigenvalue weighted by atomic mass is 10.2. The molecule has 0 aromatic heterocycles. The number of nitrogens with zero attached hydrogens (tertiary/aromatic N) is 1. The highest BCUT2D eigenvalue weighted by Gasteiger charge is 2.18. The van der Waals surface area contributed by atoms with E-state index in [0.29, 0.717) is 6.54 Å². The third-order valence-electron chi connectivity index (χ3n) is 2.58. The van der Waals surface area contributed by atoms with E-state index in [4.69, 9.17) is 0 Å². The van der Waals surface area contributed by atoms with Crippen LogP contribution in [0.5, 0.6) is 0 Å². The number of carbonyl (C=O) groups is 1. The van der Waals surface area contributed by atoms with E-state index in [0.717, 1.165) is 18.5 Å². The molecule has 3 heteroatoms. The van der Waals surface area contributed by atoms with Crippen molar-refractivity contribution >= 4 is 18.5 Å². The van der Waals surface area contributed by atoms with Crippen molar-refractivity contribution in [2.24, 2.45) is 0 Å². The van der Waals surface area contributed by atoms with Gasteiger partial charge in [-0.3, -0.25) is 4.79 Å². The molecule has 0 saturated heterocycles. The largest absolute Gasteiger partial charge is 0.338 e. The zero-order chi connectivity index (χ0) is 12.0. The van der Waals surface area contributed by atoms with Crippen LogP contribution in [0.2, 0.25) is 0 Å². The smallest absolute Gasteiger partial charge is 0.235 e. The summed E-state index contributed by atoms with van der Waals surface area (Å²) in [6, 6.07) is 10.0. The minimum Gasteiger partial charge on any atom is -0.338 e. The van der Waals surface area contributed by atoms with Crippen molar-refractivity contribution in [3.05, 3.63) is 35.9 Å². The summed E-state index contributed by atoms with van der Waals surface area (Å²) in [5.41, 5.74) is 1.16. The Morgan fingerprint density at radius 1 is 1.31 bits per heavy atom. The first-order valence-electron chi connectivity index (χ1n) is 5.69. The van der Waals surface area contributed by atoms with Crippen LogP contribution in [0, 0.1) is 0 Å². The maximum atomic E-state index is 12.0. The topological polar surface area (TPSA) is 20.3 Å². The molecule has 0 bridgehead atoms. The predicted octanol–water partition coefficient (Wildman–Crippen LogP) is 2.74. The Hall–Kier alpha value is -0.960. The van der Waals surface area contributed by atoms with E-state index in [1.807, 2.05) is 49.1 Å². The van der Waals surface area contributed by atoms with Gasteiger partial charge in [-0.2, -0.15) is 12.6 Å². The maximum absolute atomic E-state index is 12.0. The van der Waals surface area contributed by atoms with Gasteiger partial charge >= 0.3 is 0 Å². The first-order valence-corrected chi connectivity index (χ1v) is 6.21. The fraction of sp³-hybridized carbons (Fsp3) is 0.462. The summed E-state index contributed by atoms with van der Waals surface area (Å²) in [6.45, 7) is 5.38. The number of hydrogen-bond acceptors (Lipinski definition) is 2. The molecular formula is C13H19NOS. The van der Waals surface area contributed by atoms with Crippen LogP contribution < -0.4 is 0 Å². The highest BCUT2D eigenvalue weighted by atomic mass is 32.1. The predicted molar refractivity (Wildman–Crippen MR) is 70.6 cm³/mol. The van der Waals surface area contributed by atoms with E-state index in [-0.39, 0.29) is 11.2 Å². The van der Waals surface area contributed by atoms with Crippen LogP contribution in [-0.4, -0.2) is 22.6 Å². The minimum absolute atomic E-state index is 0.122. The molecule has 1 amide bonds. The van der Waals surface area contributed by atoms with E-state index >= 15 is 0 Å². The molecule has 0 fully saturated rings. The zero-order valence-electron chi connectivity index (χ0n) is 9.89. The standard InChI is InChI=1S/C13H19NOS/c1-3-12(16)13(15)14(4-2)10-11-8-6-5-7-9-11/h5-9,12,16H,3-4,10H2,1-2H3. The molecule has 16 heavy (non-hydrogen) atoms. The summed E-state index contributed by atoms with van der Waals surface area (Å²) in [6.07, 6.45) is 0.771. The van der Waals surface area contributed by atoms with E-state index < -0.39 is 0 Å². The lowest BCUT2D eigenvalue weighted by Crippen LogP contribution is -2.36. The molecule has 0 N–H and O–H groups in total. The summed E-state index contributed by atoms with van der Waals surface area (Å²) in [7, 11) is 0. The summed E-state index contributed by atoms with van der Waals surface area (Å²) in [4.78, 5) is 13.8. The van der Waals surface area contributed by atoms with Gasteiger partial charge in [-0.05, 0) is 18.9 Å². The van der Waals surface area contributed by atoms with Gasteiger partial charge < -0.3 is 4.90 Å². The van der Waals surface area contributed by atoms with Crippen molar-refractivity contribution < 1.29 is 4.79 Å². The Balaban J connectivity index is 2.66. The minimum atomic E-state index is -0.177. The first kappa shape index (κ1) is 13.1. The summed E-state index contributed by atoms with van der Waals surface area (Å²) in [5.74, 6) is 0.122. The second-order valence-electron chi connectivity index (χ2n) is 3.76. The molecule has 0 aliphatic heterocycles. The van der Waals surface area contributed by atoms with Gasteiger partial charge in [0.25, 0.3) is 0 Å². The third kappa shape index (κ3) is 3.56. The molecule has 0 aliphatic rings. The lowest BCUT2D eigenvalue weighted by Gasteiger charge is -2.23. The molecule has 1 atom stereocenters. The number of thiol groups is 1. The molecule has 1 rings (SSSR count). The summed E-state index contributed by atoms with van der Waals surface area (Å²) >= 11 is 4.29. The number of amides is 1. The molecule has 1 aromatic carbocycles. The van der Waals surface area contributed by atoms with Crippen LogP contribution >= 0.6 is 12.6 Å². The molecular weight excluding hydrogens is 218 g/mol. The van der Waals surface area contributed by atoms with Crippen LogP contribution in [-0.2, 0) is 11.3 Å². The van der Waals surface area contributed by atoms with Gasteiger partial charge in [-0.15, -0.1) is 0 Å². The van der Waals surface area contributed by atoms with Crippen molar-refractivity contribution in [2.75, 3.05) is 6.54 Å². The normalized spacial score (nSPS) is 12.2. The van der Waals surface area contributed by atoms with Crippen LogP contribution in [0.3, 0.4) is 0 Å². The van der Waals surface area contributed by atoms with Crippen molar-refractivity contribution in [1.82, 2.24) is 4.90 Å². The van der Waals surface area contributed by atoms with Crippen LogP contribution in [0.4, 0.5) is 0 Å². The van der Waals surface area contributed by atoms with Crippen LogP contribution in [0.25, 0.3) is 0 Å². The Labute approximate surface area is 103 Å². The van der Waals surface area contributed by atoms with E-state index in [2.05, 4.69) is 12.6 Å². The molecule has 1 aromatic rings. The Morgan fingerprint density at radius 3 is 2.44 bits per heavy atom. The second kappa shape index (κ2) is 6.59. The monoisotopic (exact) mass is 237 g/mol. The number of hydrogen-bond donors (Lipinski definition) is 1. The van der Waals surface area contributed by atoms with E-state index in [9.17, 15) is 4.79 Å². The number of carbonyl (C=O) groups excluding carboxylic acids is 1. The lowest BCUT2D eigenvalue weighted by molar-refractivity contribution is -0.131. The van der Waals surface area contributed by atoms with Gasteiger partial charge in [0.1, 0.15) is 0 Å². The van der Waals surface area contributed by atoms with E-state index in [1.54, 1.807) is 0 Å². The fourth-order valence-electron chi connectivity index (χ4n) is 1.53. The van der Waals surface area contributed by atoms with Crippen molar-refractivity contribution in [1.29, 1.82) is 0 Å². The molecule has 0 spiro atoms. The Bertz CT molecular complexity index is 326. The van der Waals surface area contributed by atoms with Crippen LogP contribution in [0.15, 0.2) is 30.3 Å². The second-order valence-corrected chi connectivity index (χ2v) is 4.39. The van der Waals surface area contributed by atoms with Crippen LogP contribution in [0.1, 0.15) is 25.8 Å². The Kier molecular flexibility index (Phi) is 5.39. The van der Waals surface area contributed by atoms with Crippen molar-refractivity contribution in [2.45, 2.75) is 32.1 Å². The molecule has 0 saturated carbocycles. The molecule has 0 heterocycles. The number of rotatable bonds is 5. The number of benzene rings is 1. The highest BCUT2D eigenvalue weighted by molar-refractivity contribution is 7.81.